The van der Waals surface area contributed by atoms with Gasteiger partial charge in [0.05, 0.1) is 28.1 Å². The summed E-state index contributed by atoms with van der Waals surface area (Å²) < 4.78 is 0. The molecule has 6 aromatic carbocycles. The summed E-state index contributed by atoms with van der Waals surface area (Å²) in [6, 6.07) is 61.0. The third-order valence-electron chi connectivity index (χ3n) is 9.37. The van der Waals surface area contributed by atoms with Gasteiger partial charge in [-0.1, -0.05) is 158 Å². The average Bonchev–Trinajstić information content (AvgIpc) is 3.21. The number of hydrogen-bond donors (Lipinski definition) is 0. The number of benzene rings is 6. The van der Waals surface area contributed by atoms with Crippen molar-refractivity contribution >= 4 is 21.8 Å². The Bertz CT molecular complexity index is 2600. The summed E-state index contributed by atoms with van der Waals surface area (Å²) in [5.74, 6) is 0.712. The van der Waals surface area contributed by atoms with Crippen molar-refractivity contribution in [2.24, 2.45) is 0 Å². The van der Waals surface area contributed by atoms with Gasteiger partial charge in [-0.2, -0.15) is 0 Å². The normalized spacial score (nSPS) is 11.2. The lowest BCUT2D eigenvalue weighted by molar-refractivity contribution is 1.18. The molecular formula is C47H32N4. The molecule has 0 atom stereocenters. The maximum absolute atomic E-state index is 5.18. The minimum Gasteiger partial charge on any atom is -0.251 e. The highest BCUT2D eigenvalue weighted by molar-refractivity contribution is 6.08. The summed E-state index contributed by atoms with van der Waals surface area (Å²) in [5.41, 5.74) is 14.3. The lowest BCUT2D eigenvalue weighted by Crippen LogP contribution is -1.95. The van der Waals surface area contributed by atoms with Gasteiger partial charge in [-0.05, 0) is 47.4 Å². The van der Waals surface area contributed by atoms with Crippen LogP contribution in [0.25, 0.3) is 89.2 Å². The standard InChI is InChI=1S/C47H32N4/c1-31-29-41(34-11-5-2-6-12-34)40-27-25-38-26-28-42(49-45(38)46(40)48-31)36-21-17-32(18-22-36)33-19-23-37(24-20-33)44-30-43(35-13-7-3-8-14-35)50-47(51-44)39-15-9-4-10-16-39/h2-30H,1H3. The molecule has 3 heterocycles. The number of fused-ring (bicyclic) bond motifs is 3. The molecule has 0 fully saturated rings. The Morgan fingerprint density at radius 1 is 0.333 bits per heavy atom. The van der Waals surface area contributed by atoms with Gasteiger partial charge in [0, 0.05) is 38.7 Å². The summed E-state index contributed by atoms with van der Waals surface area (Å²) >= 11 is 0. The molecular weight excluding hydrogens is 621 g/mol. The van der Waals surface area contributed by atoms with E-state index in [-0.39, 0.29) is 0 Å². The Balaban J connectivity index is 1.03. The van der Waals surface area contributed by atoms with Gasteiger partial charge in [-0.15, -0.1) is 0 Å². The molecule has 0 spiro atoms. The van der Waals surface area contributed by atoms with E-state index in [1.165, 1.54) is 11.1 Å². The van der Waals surface area contributed by atoms with E-state index >= 15 is 0 Å². The molecule has 4 heteroatoms. The lowest BCUT2D eigenvalue weighted by atomic mass is 9.98. The maximum atomic E-state index is 5.18. The van der Waals surface area contributed by atoms with Crippen LogP contribution in [0.3, 0.4) is 0 Å². The fourth-order valence-electron chi connectivity index (χ4n) is 6.75. The van der Waals surface area contributed by atoms with Crippen molar-refractivity contribution < 1.29 is 0 Å². The molecule has 0 unspecified atom stereocenters. The van der Waals surface area contributed by atoms with Crippen molar-refractivity contribution in [1.29, 1.82) is 0 Å². The van der Waals surface area contributed by atoms with Crippen LogP contribution in [-0.2, 0) is 0 Å². The molecule has 0 bridgehead atoms. The number of rotatable bonds is 6. The predicted octanol–water partition coefficient (Wildman–Crippen LogP) is 11.9. The summed E-state index contributed by atoms with van der Waals surface area (Å²) in [7, 11) is 0. The minimum atomic E-state index is 0.712. The monoisotopic (exact) mass is 652 g/mol. The van der Waals surface area contributed by atoms with Crippen molar-refractivity contribution in [3.05, 3.63) is 182 Å². The highest BCUT2D eigenvalue weighted by atomic mass is 14.9. The Labute approximate surface area is 296 Å². The molecule has 0 aliphatic heterocycles. The van der Waals surface area contributed by atoms with Gasteiger partial charge in [0.1, 0.15) is 0 Å². The zero-order valence-corrected chi connectivity index (χ0v) is 28.0. The van der Waals surface area contributed by atoms with Crippen LogP contribution in [0, 0.1) is 6.92 Å². The molecule has 51 heavy (non-hydrogen) atoms. The molecule has 0 saturated heterocycles. The zero-order valence-electron chi connectivity index (χ0n) is 28.0. The largest absolute Gasteiger partial charge is 0.251 e. The van der Waals surface area contributed by atoms with Gasteiger partial charge < -0.3 is 0 Å². The number of pyridine rings is 2. The average molecular weight is 653 g/mol. The van der Waals surface area contributed by atoms with E-state index in [2.05, 4.69) is 140 Å². The van der Waals surface area contributed by atoms with E-state index in [9.17, 15) is 0 Å². The first-order chi connectivity index (χ1) is 25.2. The van der Waals surface area contributed by atoms with Crippen molar-refractivity contribution in [3.63, 3.8) is 0 Å². The smallest absolute Gasteiger partial charge is 0.160 e. The number of aromatic nitrogens is 4. The molecule has 0 amide bonds. The van der Waals surface area contributed by atoms with Gasteiger partial charge >= 0.3 is 0 Å². The molecule has 4 nitrogen and oxygen atoms in total. The third-order valence-corrected chi connectivity index (χ3v) is 9.37. The Morgan fingerprint density at radius 2 is 0.824 bits per heavy atom. The highest BCUT2D eigenvalue weighted by Gasteiger charge is 2.13. The number of nitrogens with zero attached hydrogens (tertiary/aromatic N) is 4. The van der Waals surface area contributed by atoms with Gasteiger partial charge in [0.25, 0.3) is 0 Å². The Morgan fingerprint density at radius 3 is 1.43 bits per heavy atom. The van der Waals surface area contributed by atoms with Crippen LogP contribution in [-0.4, -0.2) is 19.9 Å². The highest BCUT2D eigenvalue weighted by Crippen LogP contribution is 2.34. The quantitative estimate of drug-likeness (QED) is 0.168. The predicted molar refractivity (Wildman–Crippen MR) is 210 cm³/mol. The Hall–Kier alpha value is -6.78. The van der Waals surface area contributed by atoms with E-state index < -0.39 is 0 Å². The summed E-state index contributed by atoms with van der Waals surface area (Å²) in [6.45, 7) is 2.05. The lowest BCUT2D eigenvalue weighted by Gasteiger charge is -2.12. The van der Waals surface area contributed by atoms with Crippen molar-refractivity contribution in [2.45, 2.75) is 6.92 Å². The van der Waals surface area contributed by atoms with Crippen molar-refractivity contribution in [1.82, 2.24) is 19.9 Å². The molecule has 0 N–H and O–H groups in total. The van der Waals surface area contributed by atoms with Gasteiger partial charge in [0.2, 0.25) is 0 Å². The van der Waals surface area contributed by atoms with E-state index in [0.717, 1.165) is 78.0 Å². The van der Waals surface area contributed by atoms with Crippen LogP contribution in [0.2, 0.25) is 0 Å². The fourth-order valence-corrected chi connectivity index (χ4v) is 6.75. The fraction of sp³-hybridized carbons (Fsp3) is 0.0213. The van der Waals surface area contributed by atoms with Crippen LogP contribution in [0.1, 0.15) is 5.69 Å². The van der Waals surface area contributed by atoms with Crippen LogP contribution < -0.4 is 0 Å². The second kappa shape index (κ2) is 12.9. The Kier molecular flexibility index (Phi) is 7.67. The molecule has 0 radical (unpaired) electrons. The first-order valence-corrected chi connectivity index (χ1v) is 17.1. The molecule has 9 rings (SSSR count). The van der Waals surface area contributed by atoms with Crippen LogP contribution in [0.15, 0.2) is 176 Å². The number of aryl methyl sites for hydroxylation is 1. The minimum absolute atomic E-state index is 0.712. The van der Waals surface area contributed by atoms with E-state index in [1.807, 2.05) is 42.5 Å². The molecule has 0 aliphatic carbocycles. The van der Waals surface area contributed by atoms with Crippen LogP contribution in [0.4, 0.5) is 0 Å². The molecule has 240 valence electrons. The summed E-state index contributed by atoms with van der Waals surface area (Å²) in [4.78, 5) is 20.1. The maximum Gasteiger partial charge on any atom is 0.160 e. The van der Waals surface area contributed by atoms with Gasteiger partial charge in [0.15, 0.2) is 5.82 Å². The van der Waals surface area contributed by atoms with Crippen molar-refractivity contribution in [3.8, 4) is 67.4 Å². The van der Waals surface area contributed by atoms with E-state index in [0.29, 0.717) is 5.82 Å². The molecule has 0 aliphatic rings. The second-order valence-electron chi connectivity index (χ2n) is 12.8. The van der Waals surface area contributed by atoms with Crippen molar-refractivity contribution in [2.75, 3.05) is 0 Å². The summed E-state index contributed by atoms with van der Waals surface area (Å²) in [6.07, 6.45) is 0. The van der Waals surface area contributed by atoms with Gasteiger partial charge in [-0.25, -0.2) is 15.0 Å². The second-order valence-corrected chi connectivity index (χ2v) is 12.8. The van der Waals surface area contributed by atoms with Gasteiger partial charge in [-0.3, -0.25) is 4.98 Å². The number of hydrogen-bond acceptors (Lipinski definition) is 4. The topological polar surface area (TPSA) is 51.6 Å². The van der Waals surface area contributed by atoms with Crippen LogP contribution >= 0.6 is 0 Å². The van der Waals surface area contributed by atoms with E-state index in [1.54, 1.807) is 0 Å². The third kappa shape index (κ3) is 5.94. The van der Waals surface area contributed by atoms with E-state index in [4.69, 9.17) is 19.9 Å². The molecule has 0 saturated carbocycles. The molecule has 3 aromatic heterocycles. The molecule has 9 aromatic rings. The van der Waals surface area contributed by atoms with Crippen LogP contribution in [0.5, 0.6) is 0 Å². The first-order valence-electron chi connectivity index (χ1n) is 17.1. The summed E-state index contributed by atoms with van der Waals surface area (Å²) in [5, 5.41) is 2.19. The first kappa shape index (κ1) is 30.3. The zero-order chi connectivity index (χ0) is 34.1. The SMILES string of the molecule is Cc1cc(-c2ccccc2)c2ccc3ccc(-c4ccc(-c5ccc(-c6cc(-c7ccccc7)nc(-c7ccccc7)n6)cc5)cc4)nc3c2n1.